The van der Waals surface area contributed by atoms with E-state index >= 15 is 0 Å². The molecule has 4 N–H and O–H groups in total. The molecular formula is C6H9N3O2. The maximum Gasteiger partial charge on any atom is 0.320 e. The first-order chi connectivity index (χ1) is 5.20. The van der Waals surface area contributed by atoms with Crippen LogP contribution in [-0.4, -0.2) is 27.1 Å². The van der Waals surface area contributed by atoms with Crippen LogP contribution in [0.4, 0.5) is 0 Å². The zero-order valence-electron chi connectivity index (χ0n) is 5.82. The Morgan fingerprint density at radius 3 is 3.09 bits per heavy atom. The van der Waals surface area contributed by atoms with Gasteiger partial charge in [0.25, 0.3) is 0 Å². The quantitative estimate of drug-likeness (QED) is 0.514. The second-order valence-electron chi connectivity index (χ2n) is 2.21. The molecule has 0 radical (unpaired) electrons. The molecule has 0 saturated heterocycles. The van der Waals surface area contributed by atoms with Gasteiger partial charge >= 0.3 is 5.97 Å². The summed E-state index contributed by atoms with van der Waals surface area (Å²) >= 11 is 0. The number of hydrogen-bond acceptors (Lipinski definition) is 3. The number of imidazole rings is 1. The Morgan fingerprint density at radius 2 is 2.64 bits per heavy atom. The molecule has 1 heterocycles. The average molecular weight is 161 g/mol. The smallest absolute Gasteiger partial charge is 0.320 e. The van der Waals surface area contributed by atoms with E-state index in [0.717, 1.165) is 0 Å². The Labute approximate surface area is 63.3 Å². The van der Waals surface area contributed by atoms with Gasteiger partial charge in [0.1, 0.15) is 6.04 Å². The summed E-state index contributed by atoms with van der Waals surface area (Å²) in [4.78, 5) is 16.8. The van der Waals surface area contributed by atoms with Crippen molar-refractivity contribution in [2.75, 3.05) is 0 Å². The zero-order valence-corrected chi connectivity index (χ0v) is 5.82. The highest BCUT2D eigenvalue weighted by molar-refractivity contribution is 5.73. The molecule has 0 spiro atoms. The van der Waals surface area contributed by atoms with Crippen molar-refractivity contribution in [2.45, 2.75) is 12.5 Å². The number of H-pyrrole nitrogens is 1. The molecule has 0 saturated carbocycles. The summed E-state index contributed by atoms with van der Waals surface area (Å²) < 4.78 is 0. The molecule has 1 rings (SSSR count). The Balaban J connectivity index is 2.50. The number of carbonyl (C=O) groups is 1. The third-order valence-corrected chi connectivity index (χ3v) is 1.30. The molecule has 1 aromatic rings. The Bertz CT molecular complexity index is 232. The van der Waals surface area contributed by atoms with Crippen molar-refractivity contribution in [1.29, 1.82) is 0 Å². The minimum absolute atomic E-state index is 0.263. The lowest BCUT2D eigenvalue weighted by Gasteiger charge is -2.01. The first kappa shape index (κ1) is 7.74. The van der Waals surface area contributed by atoms with Crippen molar-refractivity contribution in [2.24, 2.45) is 5.73 Å². The second kappa shape index (κ2) is 3.16. The molecule has 60 valence electrons. The predicted molar refractivity (Wildman–Crippen MR) is 37.9 cm³/mol. The van der Waals surface area contributed by atoms with Crippen molar-refractivity contribution < 1.29 is 9.90 Å². The van der Waals surface area contributed by atoms with Crippen LogP contribution in [0.5, 0.6) is 0 Å². The Kier molecular flexibility index (Phi) is 2.22. The van der Waals surface area contributed by atoms with Crippen LogP contribution in [0.25, 0.3) is 0 Å². The summed E-state index contributed by atoms with van der Waals surface area (Å²) in [5.41, 5.74) is 5.92. The van der Waals surface area contributed by atoms with E-state index in [1.165, 1.54) is 6.33 Å². The molecule has 0 aromatic carbocycles. The lowest BCUT2D eigenvalue weighted by atomic mass is 11.1. The third kappa shape index (κ3) is 2.05. The fourth-order valence-corrected chi connectivity index (χ4v) is 0.715. The van der Waals surface area contributed by atoms with Crippen LogP contribution in [-0.2, 0) is 11.2 Å². The predicted octanol–water partition coefficient (Wildman–Crippen LogP) is -0.636. The largest absolute Gasteiger partial charge is 0.480 e. The van der Waals surface area contributed by atoms with E-state index in [1.807, 2.05) is 0 Å². The number of aromatic amines is 1. The van der Waals surface area contributed by atoms with Gasteiger partial charge in [-0.25, -0.2) is 4.98 Å². The van der Waals surface area contributed by atoms with Crippen LogP contribution in [0.3, 0.4) is 0 Å². The standard InChI is InChI=1S/C6H9N3O2/c7-5(6(10)11)1-4-2-8-3-9-4/h2-3,5H,1,7H2,(H,8,9)(H,10,11)/t5-/m0/s1/i1+1,2+1,3+1,4+1,5+1,6+1. The first-order valence-electron chi connectivity index (χ1n) is 3.16. The summed E-state index contributed by atoms with van der Waals surface area (Å²) in [5, 5.41) is 8.42. The zero-order chi connectivity index (χ0) is 8.27. The summed E-state index contributed by atoms with van der Waals surface area (Å²) in [6.07, 6.45) is 3.38. The summed E-state index contributed by atoms with van der Waals surface area (Å²) in [6, 6.07) is -0.863. The van der Waals surface area contributed by atoms with E-state index in [1.54, 1.807) is 6.20 Å². The van der Waals surface area contributed by atoms with Crippen LogP contribution in [0.2, 0.25) is 0 Å². The minimum Gasteiger partial charge on any atom is -0.480 e. The number of rotatable bonds is 3. The van der Waals surface area contributed by atoms with Crippen LogP contribution in [0.15, 0.2) is 12.5 Å². The van der Waals surface area contributed by atoms with Gasteiger partial charge in [0.05, 0.1) is 12.0 Å². The molecule has 0 unspecified atom stereocenters. The van der Waals surface area contributed by atoms with Crippen molar-refractivity contribution in [3.8, 4) is 0 Å². The normalized spacial score (nSPS) is 12.8. The van der Waals surface area contributed by atoms with Crippen molar-refractivity contribution in [3.63, 3.8) is 0 Å². The number of hydrogen-bond donors (Lipinski definition) is 3. The molecule has 1 aromatic heterocycles. The second-order valence-corrected chi connectivity index (χ2v) is 2.21. The van der Waals surface area contributed by atoms with E-state index in [4.69, 9.17) is 10.8 Å². The van der Waals surface area contributed by atoms with Gasteiger partial charge < -0.3 is 15.8 Å². The van der Waals surface area contributed by atoms with Gasteiger partial charge in [0.15, 0.2) is 0 Å². The maximum absolute atomic E-state index is 10.3. The van der Waals surface area contributed by atoms with E-state index in [2.05, 4.69) is 9.97 Å². The molecule has 0 bridgehead atoms. The van der Waals surface area contributed by atoms with E-state index < -0.39 is 12.0 Å². The van der Waals surface area contributed by atoms with Crippen molar-refractivity contribution in [3.05, 3.63) is 18.2 Å². The molecule has 0 fully saturated rings. The molecule has 0 amide bonds. The Hall–Kier alpha value is -1.36. The fraction of sp³-hybridized carbons (Fsp3) is 0.333. The number of carboxylic acid groups (broad SMARTS) is 1. The summed E-state index contributed by atoms with van der Waals surface area (Å²) in [5.74, 6) is -1.01. The molecule has 0 aliphatic heterocycles. The SMILES string of the molecule is N[13C@@H]([13CH2][13c]1[13cH][nH][13cH]n1)[13C](=O)O. The van der Waals surface area contributed by atoms with Crippen molar-refractivity contribution in [1.82, 2.24) is 9.97 Å². The molecule has 0 aliphatic carbocycles. The molecule has 1 atom stereocenters. The van der Waals surface area contributed by atoms with E-state index in [-0.39, 0.29) is 6.42 Å². The summed E-state index contributed by atoms with van der Waals surface area (Å²) in [6.45, 7) is 0. The monoisotopic (exact) mass is 161 g/mol. The highest BCUT2D eigenvalue weighted by atomic mass is 16.5. The minimum atomic E-state index is -1.01. The van der Waals surface area contributed by atoms with Crippen LogP contribution in [0, 0.1) is 0 Å². The number of nitrogens with zero attached hydrogens (tertiary/aromatic N) is 1. The molecule has 11 heavy (non-hydrogen) atoms. The van der Waals surface area contributed by atoms with Gasteiger partial charge in [-0.2, -0.15) is 0 Å². The van der Waals surface area contributed by atoms with Gasteiger partial charge in [-0.1, -0.05) is 0 Å². The lowest BCUT2D eigenvalue weighted by Crippen LogP contribution is -2.32. The van der Waals surface area contributed by atoms with E-state index in [9.17, 15) is 4.79 Å². The Morgan fingerprint density at radius 1 is 1.91 bits per heavy atom. The van der Waals surface area contributed by atoms with Crippen molar-refractivity contribution >= 4 is 5.97 Å². The van der Waals surface area contributed by atoms with Crippen LogP contribution >= 0.6 is 0 Å². The molecule has 5 nitrogen and oxygen atoms in total. The van der Waals surface area contributed by atoms with Gasteiger partial charge in [0.2, 0.25) is 0 Å². The number of nitrogens with two attached hydrogens (primary N) is 1. The van der Waals surface area contributed by atoms with Gasteiger partial charge in [-0.05, 0) is 0 Å². The number of aromatic nitrogens is 2. The highest BCUT2D eigenvalue weighted by Crippen LogP contribution is 1.95. The number of aliphatic carboxylic acids is 1. The third-order valence-electron chi connectivity index (χ3n) is 1.30. The average Bonchev–Trinajstić information content (AvgIpc) is 2.39. The maximum atomic E-state index is 10.3. The number of carboxylic acids is 1. The first-order valence-corrected chi connectivity index (χ1v) is 3.16. The van der Waals surface area contributed by atoms with Crippen LogP contribution < -0.4 is 5.73 Å². The van der Waals surface area contributed by atoms with Gasteiger partial charge in [0, 0.05) is 12.6 Å². The molecule has 0 aliphatic rings. The molecular weight excluding hydrogens is 152 g/mol. The highest BCUT2D eigenvalue weighted by Gasteiger charge is 2.12. The van der Waals surface area contributed by atoms with E-state index in [0.29, 0.717) is 5.69 Å². The van der Waals surface area contributed by atoms with Crippen LogP contribution in [0.1, 0.15) is 5.69 Å². The summed E-state index contributed by atoms with van der Waals surface area (Å²) in [7, 11) is 0. The fourth-order valence-electron chi connectivity index (χ4n) is 0.715. The lowest BCUT2D eigenvalue weighted by molar-refractivity contribution is -0.138. The van der Waals surface area contributed by atoms with Gasteiger partial charge in [-0.3, -0.25) is 4.79 Å². The molecule has 5 heteroatoms. The topological polar surface area (TPSA) is 92.0 Å². The number of nitrogens with one attached hydrogen (secondary N) is 1. The van der Waals surface area contributed by atoms with Gasteiger partial charge in [-0.15, -0.1) is 0 Å².